The molecule has 1 amide bonds. The summed E-state index contributed by atoms with van der Waals surface area (Å²) in [5, 5.41) is 4.58. The summed E-state index contributed by atoms with van der Waals surface area (Å²) in [6, 6.07) is 8.71. The van der Waals surface area contributed by atoms with Crippen LogP contribution in [-0.2, 0) is 4.79 Å². The van der Waals surface area contributed by atoms with Gasteiger partial charge in [0.15, 0.2) is 11.7 Å². The number of anilines is 1. The predicted molar refractivity (Wildman–Crippen MR) is 100.0 cm³/mol. The Balaban J connectivity index is 1.66. The van der Waals surface area contributed by atoms with Crippen LogP contribution in [0.5, 0.6) is 5.75 Å². The minimum absolute atomic E-state index is 0.133. The van der Waals surface area contributed by atoms with Crippen LogP contribution in [0.15, 0.2) is 30.3 Å². The van der Waals surface area contributed by atoms with Gasteiger partial charge in [0.2, 0.25) is 0 Å². The van der Waals surface area contributed by atoms with Crippen LogP contribution in [0.4, 0.5) is 5.13 Å². The number of hydrogen-bond donors (Lipinski definition) is 1. The molecule has 0 aliphatic heterocycles. The van der Waals surface area contributed by atoms with E-state index in [4.69, 9.17) is 39.5 Å². The molecule has 124 valence electrons. The highest BCUT2D eigenvalue weighted by Gasteiger charge is 2.12. The Morgan fingerprint density at radius 1 is 1.21 bits per heavy atom. The Morgan fingerprint density at radius 2 is 1.96 bits per heavy atom. The monoisotopic (exact) mass is 400 g/mol. The Bertz CT molecular complexity index is 927. The predicted octanol–water partition coefficient (Wildman–Crippen LogP) is 5.58. The Morgan fingerprint density at radius 3 is 2.71 bits per heavy atom. The van der Waals surface area contributed by atoms with Gasteiger partial charge in [-0.25, -0.2) is 4.98 Å². The lowest BCUT2D eigenvalue weighted by Gasteiger charge is -2.07. The van der Waals surface area contributed by atoms with Crippen molar-refractivity contribution >= 4 is 67.4 Å². The van der Waals surface area contributed by atoms with Gasteiger partial charge in [0.25, 0.3) is 5.91 Å². The van der Waals surface area contributed by atoms with Crippen molar-refractivity contribution in [3.05, 3.63) is 51.0 Å². The van der Waals surface area contributed by atoms with E-state index in [-0.39, 0.29) is 12.5 Å². The molecule has 1 N–H and O–H groups in total. The van der Waals surface area contributed by atoms with Crippen LogP contribution in [-0.4, -0.2) is 17.5 Å². The van der Waals surface area contributed by atoms with Crippen molar-refractivity contribution in [1.82, 2.24) is 4.98 Å². The van der Waals surface area contributed by atoms with Crippen molar-refractivity contribution in [2.75, 3.05) is 11.9 Å². The summed E-state index contributed by atoms with van der Waals surface area (Å²) in [4.78, 5) is 16.3. The number of aromatic nitrogens is 1. The summed E-state index contributed by atoms with van der Waals surface area (Å²) in [6.07, 6.45) is 0. The van der Waals surface area contributed by atoms with Crippen LogP contribution < -0.4 is 10.1 Å². The standard InChI is InChI=1S/C16H11Cl3N2O2S/c1-8-6-9(2-3-10(8)17)23-7-13(22)20-16-21-15-12(24-16)5-4-11(18)14(15)19/h2-6H,7H2,1H3,(H,20,21,22). The van der Waals surface area contributed by atoms with Crippen LogP contribution in [0.3, 0.4) is 0 Å². The second-order valence-electron chi connectivity index (χ2n) is 4.97. The van der Waals surface area contributed by atoms with Crippen LogP contribution in [0.25, 0.3) is 10.2 Å². The van der Waals surface area contributed by atoms with E-state index in [9.17, 15) is 4.79 Å². The highest BCUT2D eigenvalue weighted by atomic mass is 35.5. The van der Waals surface area contributed by atoms with Gasteiger partial charge in [-0.1, -0.05) is 46.1 Å². The number of nitrogens with zero attached hydrogens (tertiary/aromatic N) is 1. The first-order chi connectivity index (χ1) is 11.4. The molecule has 3 rings (SSSR count). The SMILES string of the molecule is Cc1cc(OCC(=O)Nc2nc3c(Cl)c(Cl)ccc3s2)ccc1Cl. The van der Waals surface area contributed by atoms with Crippen molar-refractivity contribution in [3.8, 4) is 5.75 Å². The molecule has 1 aromatic heterocycles. The normalized spacial score (nSPS) is 10.8. The van der Waals surface area contributed by atoms with Gasteiger partial charge in [0.05, 0.1) is 14.7 Å². The van der Waals surface area contributed by atoms with Gasteiger partial charge in [-0.05, 0) is 42.8 Å². The average Bonchev–Trinajstić information content (AvgIpc) is 2.95. The molecule has 0 aliphatic rings. The summed E-state index contributed by atoms with van der Waals surface area (Å²) in [6.45, 7) is 1.73. The van der Waals surface area contributed by atoms with E-state index in [1.807, 2.05) is 13.0 Å². The summed E-state index contributed by atoms with van der Waals surface area (Å²) >= 11 is 19.3. The maximum Gasteiger partial charge on any atom is 0.264 e. The lowest BCUT2D eigenvalue weighted by Crippen LogP contribution is -2.20. The highest BCUT2D eigenvalue weighted by Crippen LogP contribution is 2.35. The number of carbonyl (C=O) groups is 1. The molecule has 1 heterocycles. The maximum absolute atomic E-state index is 12.0. The third-order valence-electron chi connectivity index (χ3n) is 3.20. The number of fused-ring (bicyclic) bond motifs is 1. The van der Waals surface area contributed by atoms with E-state index in [1.165, 1.54) is 11.3 Å². The zero-order valence-electron chi connectivity index (χ0n) is 12.4. The first-order valence-corrected chi connectivity index (χ1v) is 8.82. The molecular formula is C16H11Cl3N2O2S. The van der Waals surface area contributed by atoms with E-state index >= 15 is 0 Å². The molecule has 0 aliphatic carbocycles. The van der Waals surface area contributed by atoms with Crippen molar-refractivity contribution in [2.24, 2.45) is 0 Å². The number of carbonyl (C=O) groups excluding carboxylic acids is 1. The lowest BCUT2D eigenvalue weighted by molar-refractivity contribution is -0.118. The number of ether oxygens (including phenoxy) is 1. The van der Waals surface area contributed by atoms with Gasteiger partial charge < -0.3 is 4.74 Å². The van der Waals surface area contributed by atoms with Crippen molar-refractivity contribution in [3.63, 3.8) is 0 Å². The fraction of sp³-hybridized carbons (Fsp3) is 0.125. The molecule has 0 spiro atoms. The molecule has 2 aromatic carbocycles. The van der Waals surface area contributed by atoms with E-state index < -0.39 is 0 Å². The average molecular weight is 402 g/mol. The molecule has 24 heavy (non-hydrogen) atoms. The van der Waals surface area contributed by atoms with Gasteiger partial charge >= 0.3 is 0 Å². The zero-order valence-corrected chi connectivity index (χ0v) is 15.5. The largest absolute Gasteiger partial charge is 0.484 e. The van der Waals surface area contributed by atoms with E-state index in [2.05, 4.69) is 10.3 Å². The maximum atomic E-state index is 12.0. The molecule has 0 saturated heterocycles. The summed E-state index contributed by atoms with van der Waals surface area (Å²) in [7, 11) is 0. The topological polar surface area (TPSA) is 51.2 Å². The summed E-state index contributed by atoms with van der Waals surface area (Å²) in [5.41, 5.74) is 1.45. The minimum Gasteiger partial charge on any atom is -0.484 e. The fourth-order valence-electron chi connectivity index (χ4n) is 2.00. The quantitative estimate of drug-likeness (QED) is 0.620. The van der Waals surface area contributed by atoms with Crippen molar-refractivity contribution < 1.29 is 9.53 Å². The molecule has 0 bridgehead atoms. The fourth-order valence-corrected chi connectivity index (χ4v) is 3.43. The van der Waals surface area contributed by atoms with E-state index in [0.29, 0.717) is 31.5 Å². The Kier molecular flexibility index (Phi) is 5.15. The molecule has 0 unspecified atom stereocenters. The smallest absolute Gasteiger partial charge is 0.264 e. The second kappa shape index (κ2) is 7.15. The minimum atomic E-state index is -0.316. The van der Waals surface area contributed by atoms with Gasteiger partial charge in [0, 0.05) is 5.02 Å². The number of hydrogen-bond acceptors (Lipinski definition) is 4. The van der Waals surface area contributed by atoms with Crippen molar-refractivity contribution in [2.45, 2.75) is 6.92 Å². The van der Waals surface area contributed by atoms with Gasteiger partial charge in [0.1, 0.15) is 11.3 Å². The number of halogens is 3. The van der Waals surface area contributed by atoms with E-state index in [0.717, 1.165) is 10.3 Å². The van der Waals surface area contributed by atoms with Crippen LogP contribution in [0, 0.1) is 6.92 Å². The number of nitrogens with one attached hydrogen (secondary N) is 1. The van der Waals surface area contributed by atoms with Crippen LogP contribution in [0.1, 0.15) is 5.56 Å². The molecule has 0 radical (unpaired) electrons. The number of amides is 1. The number of thiazole rings is 1. The molecular weight excluding hydrogens is 391 g/mol. The molecule has 0 fully saturated rings. The molecule has 0 saturated carbocycles. The number of benzene rings is 2. The third kappa shape index (κ3) is 3.75. The van der Waals surface area contributed by atoms with Gasteiger partial charge in [-0.15, -0.1) is 0 Å². The Labute approximate surface area is 157 Å². The van der Waals surface area contributed by atoms with Gasteiger partial charge in [-0.2, -0.15) is 0 Å². The first-order valence-electron chi connectivity index (χ1n) is 6.87. The molecule has 0 atom stereocenters. The number of aryl methyl sites for hydroxylation is 1. The highest BCUT2D eigenvalue weighted by molar-refractivity contribution is 7.22. The Hall–Kier alpha value is -1.53. The lowest BCUT2D eigenvalue weighted by atomic mass is 10.2. The zero-order chi connectivity index (χ0) is 17.3. The summed E-state index contributed by atoms with van der Waals surface area (Å²) < 4.78 is 6.29. The first kappa shape index (κ1) is 17.3. The van der Waals surface area contributed by atoms with Crippen LogP contribution >= 0.6 is 46.1 Å². The number of rotatable bonds is 4. The van der Waals surface area contributed by atoms with E-state index in [1.54, 1.807) is 24.3 Å². The molecule has 8 heteroatoms. The summed E-state index contributed by atoms with van der Waals surface area (Å²) in [5.74, 6) is 0.259. The molecule has 3 aromatic rings. The van der Waals surface area contributed by atoms with Gasteiger partial charge in [-0.3, -0.25) is 10.1 Å². The van der Waals surface area contributed by atoms with Crippen LogP contribution in [0.2, 0.25) is 15.1 Å². The third-order valence-corrected chi connectivity index (χ3v) is 5.35. The second-order valence-corrected chi connectivity index (χ2v) is 7.20. The van der Waals surface area contributed by atoms with Crippen molar-refractivity contribution in [1.29, 1.82) is 0 Å². The molecule has 4 nitrogen and oxygen atoms in total.